The summed E-state index contributed by atoms with van der Waals surface area (Å²) in [7, 11) is 0. The summed E-state index contributed by atoms with van der Waals surface area (Å²) in [6.45, 7) is 4.64. The van der Waals surface area contributed by atoms with E-state index in [0.29, 0.717) is 0 Å². The quantitative estimate of drug-likeness (QED) is 0.529. The van der Waals surface area contributed by atoms with E-state index in [-0.39, 0.29) is 0 Å². The molecule has 0 amide bonds. The number of aromatic amines is 2. The monoisotopic (exact) mass is 410 g/mol. The maximum atomic E-state index is 5.44. The van der Waals surface area contributed by atoms with Gasteiger partial charge in [0.2, 0.25) is 0 Å². The van der Waals surface area contributed by atoms with Crippen molar-refractivity contribution in [3.05, 3.63) is 52.5 Å². The second-order valence-electron chi connectivity index (χ2n) is 6.76. The topological polar surface area (TPSA) is 56.9 Å². The molecule has 4 aromatic rings. The average molecular weight is 411 g/mol. The summed E-state index contributed by atoms with van der Waals surface area (Å²) in [6, 6.07) is 15.0. The van der Waals surface area contributed by atoms with Gasteiger partial charge in [0.25, 0.3) is 0 Å². The summed E-state index contributed by atoms with van der Waals surface area (Å²) in [6.07, 6.45) is 0. The summed E-state index contributed by atoms with van der Waals surface area (Å²) in [5, 5.41) is 9.96. The van der Waals surface area contributed by atoms with Gasteiger partial charge < -0.3 is 9.72 Å². The van der Waals surface area contributed by atoms with Gasteiger partial charge in [-0.2, -0.15) is 5.10 Å². The molecule has 132 valence electrons. The Hall–Kier alpha value is -2.15. The molecule has 6 heteroatoms. The van der Waals surface area contributed by atoms with Gasteiger partial charge in [0, 0.05) is 40.4 Å². The number of nitrogens with zero attached hydrogens (tertiary/aromatic N) is 2. The molecule has 1 saturated heterocycles. The number of H-pyrrole nitrogens is 2. The number of nitrogens with one attached hydrogen (secondary N) is 2. The molecule has 1 aliphatic rings. The molecule has 0 bridgehead atoms. The number of benzene rings is 2. The van der Waals surface area contributed by atoms with Gasteiger partial charge in [-0.25, -0.2) is 0 Å². The Bertz CT molecular complexity index is 1080. The van der Waals surface area contributed by atoms with Crippen molar-refractivity contribution in [2.24, 2.45) is 0 Å². The first-order chi connectivity index (χ1) is 12.8. The molecular weight excluding hydrogens is 392 g/mol. The molecule has 0 spiro atoms. The normalized spacial score (nSPS) is 15.9. The van der Waals surface area contributed by atoms with E-state index in [1.165, 1.54) is 10.9 Å². The second kappa shape index (κ2) is 6.54. The number of rotatable bonds is 3. The van der Waals surface area contributed by atoms with Crippen LogP contribution in [0.5, 0.6) is 0 Å². The molecular formula is C20H19BrN4O. The Morgan fingerprint density at radius 1 is 1.04 bits per heavy atom. The first kappa shape index (κ1) is 16.1. The molecule has 0 atom stereocenters. The van der Waals surface area contributed by atoms with E-state index >= 15 is 0 Å². The highest BCUT2D eigenvalue weighted by atomic mass is 79.9. The summed E-state index contributed by atoms with van der Waals surface area (Å²) in [5.41, 5.74) is 5.49. The minimum absolute atomic E-state index is 0.832. The van der Waals surface area contributed by atoms with Crippen molar-refractivity contribution in [2.75, 3.05) is 26.3 Å². The van der Waals surface area contributed by atoms with Crippen molar-refractivity contribution in [3.8, 4) is 11.4 Å². The minimum Gasteiger partial charge on any atom is -0.379 e. The molecule has 1 aliphatic heterocycles. The summed E-state index contributed by atoms with van der Waals surface area (Å²) in [5.74, 6) is 0. The first-order valence-electron chi connectivity index (χ1n) is 8.82. The van der Waals surface area contributed by atoms with Crippen molar-refractivity contribution in [1.29, 1.82) is 0 Å². The lowest BCUT2D eigenvalue weighted by Gasteiger charge is -2.26. The van der Waals surface area contributed by atoms with Crippen molar-refractivity contribution < 1.29 is 4.74 Å². The van der Waals surface area contributed by atoms with Gasteiger partial charge in [0.05, 0.1) is 24.4 Å². The van der Waals surface area contributed by atoms with Gasteiger partial charge in [-0.05, 0) is 42.0 Å². The molecule has 1 fully saturated rings. The van der Waals surface area contributed by atoms with Crippen LogP contribution in [0.1, 0.15) is 5.56 Å². The van der Waals surface area contributed by atoms with Crippen LogP contribution in [0, 0.1) is 0 Å². The third-order valence-corrected chi connectivity index (χ3v) is 5.47. The van der Waals surface area contributed by atoms with E-state index in [2.05, 4.69) is 66.3 Å². The van der Waals surface area contributed by atoms with E-state index in [4.69, 9.17) is 4.74 Å². The zero-order valence-corrected chi connectivity index (χ0v) is 15.8. The lowest BCUT2D eigenvalue weighted by molar-refractivity contribution is 0.0342. The smallest absolute Gasteiger partial charge is 0.116 e. The van der Waals surface area contributed by atoms with Crippen LogP contribution in [0.15, 0.2) is 46.9 Å². The van der Waals surface area contributed by atoms with E-state index in [9.17, 15) is 0 Å². The summed E-state index contributed by atoms with van der Waals surface area (Å²) in [4.78, 5) is 5.95. The Morgan fingerprint density at radius 3 is 2.77 bits per heavy atom. The fourth-order valence-corrected chi connectivity index (χ4v) is 3.98. The van der Waals surface area contributed by atoms with Crippen LogP contribution < -0.4 is 0 Å². The number of aromatic nitrogens is 3. The van der Waals surface area contributed by atoms with Crippen LogP contribution in [0.25, 0.3) is 33.2 Å². The van der Waals surface area contributed by atoms with E-state index in [0.717, 1.165) is 65.1 Å². The molecule has 0 radical (unpaired) electrons. The van der Waals surface area contributed by atoms with Crippen LogP contribution >= 0.6 is 15.9 Å². The molecule has 0 aliphatic carbocycles. The second-order valence-corrected chi connectivity index (χ2v) is 7.67. The molecule has 2 N–H and O–H groups in total. The Labute approximate surface area is 159 Å². The predicted molar refractivity (Wildman–Crippen MR) is 107 cm³/mol. The average Bonchev–Trinajstić information content (AvgIpc) is 3.25. The van der Waals surface area contributed by atoms with Gasteiger partial charge in [-0.3, -0.25) is 10.00 Å². The molecule has 26 heavy (non-hydrogen) atoms. The third kappa shape index (κ3) is 2.94. The van der Waals surface area contributed by atoms with E-state index in [1.54, 1.807) is 0 Å². The van der Waals surface area contributed by atoms with Gasteiger partial charge >= 0.3 is 0 Å². The zero-order chi connectivity index (χ0) is 17.5. The highest BCUT2D eigenvalue weighted by molar-refractivity contribution is 9.10. The SMILES string of the molecule is Brc1ccc2[nH]nc(-c3cc4cc(CN5CCOCC5)ccc4[nH]3)c2c1. The van der Waals surface area contributed by atoms with Crippen LogP contribution in [0.3, 0.4) is 0 Å². The van der Waals surface area contributed by atoms with Crippen LogP contribution in [-0.2, 0) is 11.3 Å². The fraction of sp³-hybridized carbons (Fsp3) is 0.250. The van der Waals surface area contributed by atoms with Gasteiger partial charge in [0.1, 0.15) is 5.69 Å². The number of hydrogen-bond acceptors (Lipinski definition) is 3. The number of fused-ring (bicyclic) bond motifs is 2. The maximum Gasteiger partial charge on any atom is 0.116 e. The van der Waals surface area contributed by atoms with E-state index < -0.39 is 0 Å². The van der Waals surface area contributed by atoms with Crippen molar-refractivity contribution in [3.63, 3.8) is 0 Å². The van der Waals surface area contributed by atoms with Crippen LogP contribution in [0.2, 0.25) is 0 Å². The van der Waals surface area contributed by atoms with Gasteiger partial charge in [0.15, 0.2) is 0 Å². The minimum atomic E-state index is 0.832. The lowest BCUT2D eigenvalue weighted by atomic mass is 10.1. The standard InChI is InChI=1S/C20H19BrN4O/c21-15-2-4-18-16(11-15)20(24-23-18)19-10-14-9-13(1-3-17(14)22-19)12-25-5-7-26-8-6-25/h1-4,9-11,22H,5-8,12H2,(H,23,24). The lowest BCUT2D eigenvalue weighted by Crippen LogP contribution is -2.35. The zero-order valence-electron chi connectivity index (χ0n) is 14.3. The highest BCUT2D eigenvalue weighted by Gasteiger charge is 2.13. The van der Waals surface area contributed by atoms with Crippen LogP contribution in [-0.4, -0.2) is 46.4 Å². The molecule has 0 saturated carbocycles. The molecule has 2 aromatic carbocycles. The van der Waals surface area contributed by atoms with Gasteiger partial charge in [-0.15, -0.1) is 0 Å². The van der Waals surface area contributed by atoms with E-state index in [1.807, 2.05) is 12.1 Å². The molecule has 2 aromatic heterocycles. The number of halogens is 1. The molecule has 0 unspecified atom stereocenters. The summed E-state index contributed by atoms with van der Waals surface area (Å²) < 4.78 is 6.49. The first-order valence-corrected chi connectivity index (χ1v) is 9.61. The maximum absolute atomic E-state index is 5.44. The molecule has 5 nitrogen and oxygen atoms in total. The fourth-order valence-electron chi connectivity index (χ4n) is 3.62. The highest BCUT2D eigenvalue weighted by Crippen LogP contribution is 2.30. The third-order valence-electron chi connectivity index (χ3n) is 4.98. The summed E-state index contributed by atoms with van der Waals surface area (Å²) >= 11 is 3.55. The van der Waals surface area contributed by atoms with Crippen molar-refractivity contribution in [2.45, 2.75) is 6.54 Å². The Morgan fingerprint density at radius 2 is 1.88 bits per heavy atom. The molecule has 5 rings (SSSR count). The molecule has 3 heterocycles. The van der Waals surface area contributed by atoms with Gasteiger partial charge in [-0.1, -0.05) is 22.0 Å². The number of hydrogen-bond donors (Lipinski definition) is 2. The van der Waals surface area contributed by atoms with Crippen molar-refractivity contribution >= 4 is 37.7 Å². The largest absolute Gasteiger partial charge is 0.379 e. The predicted octanol–water partition coefficient (Wildman–Crippen LogP) is 4.31. The number of ether oxygens (including phenoxy) is 1. The Kier molecular flexibility index (Phi) is 4.04. The number of morpholine rings is 1. The van der Waals surface area contributed by atoms with Crippen molar-refractivity contribution in [1.82, 2.24) is 20.1 Å². The van der Waals surface area contributed by atoms with Crippen LogP contribution in [0.4, 0.5) is 0 Å². The Balaban J connectivity index is 1.50.